The zero-order valence-corrected chi connectivity index (χ0v) is 10.6. The molecule has 0 spiro atoms. The second-order valence-corrected chi connectivity index (χ2v) is 4.80. The number of carbonyl (C=O) groups is 1. The number of rotatable bonds is 2. The molecular formula is C13H16N2O3. The van der Waals surface area contributed by atoms with Gasteiger partial charge in [-0.05, 0) is 38.5 Å². The van der Waals surface area contributed by atoms with E-state index in [1.165, 1.54) is 12.1 Å². The molecule has 0 saturated heterocycles. The first-order chi connectivity index (χ1) is 8.31. The number of nitrogens with one attached hydrogen (secondary N) is 1. The first-order valence-electron chi connectivity index (χ1n) is 5.50. The monoisotopic (exact) mass is 248 g/mol. The number of amides is 1. The minimum atomic E-state index is -0.805. The Hall–Kier alpha value is -2.22. The van der Waals surface area contributed by atoms with E-state index in [4.69, 9.17) is 15.1 Å². The van der Waals surface area contributed by atoms with Gasteiger partial charge in [0.2, 0.25) is 0 Å². The summed E-state index contributed by atoms with van der Waals surface area (Å²) in [6, 6.07) is 7.21. The molecule has 0 fully saturated rings. The van der Waals surface area contributed by atoms with Crippen LogP contribution >= 0.6 is 0 Å². The van der Waals surface area contributed by atoms with Crippen LogP contribution in [-0.2, 0) is 4.74 Å². The Morgan fingerprint density at radius 1 is 1.39 bits per heavy atom. The van der Waals surface area contributed by atoms with Crippen molar-refractivity contribution in [3.63, 3.8) is 0 Å². The number of ether oxygens (including phenoxy) is 1. The highest BCUT2D eigenvalue weighted by Gasteiger charge is 2.20. The number of hydrogen-bond donors (Lipinski definition) is 2. The largest absolute Gasteiger partial charge is 0.508 e. The fourth-order valence-corrected chi connectivity index (χ4v) is 1.28. The molecule has 0 radical (unpaired) electrons. The van der Waals surface area contributed by atoms with E-state index in [2.05, 4.69) is 5.32 Å². The van der Waals surface area contributed by atoms with Gasteiger partial charge < -0.3 is 15.2 Å². The molecule has 0 aliphatic heterocycles. The molecule has 18 heavy (non-hydrogen) atoms. The van der Waals surface area contributed by atoms with E-state index in [9.17, 15) is 4.79 Å². The summed E-state index contributed by atoms with van der Waals surface area (Å²) >= 11 is 0. The molecule has 1 atom stereocenters. The first kappa shape index (κ1) is 13.8. The van der Waals surface area contributed by atoms with E-state index in [0.29, 0.717) is 5.56 Å². The van der Waals surface area contributed by atoms with Crippen molar-refractivity contribution in [3.8, 4) is 11.8 Å². The van der Waals surface area contributed by atoms with Gasteiger partial charge in [-0.1, -0.05) is 12.1 Å². The number of carbonyl (C=O) groups excluding carboxylic acids is 1. The number of phenols is 1. The molecule has 0 aliphatic rings. The smallest absolute Gasteiger partial charge is 0.408 e. The molecular weight excluding hydrogens is 232 g/mol. The topological polar surface area (TPSA) is 82.3 Å². The van der Waals surface area contributed by atoms with Crippen LogP contribution in [0.2, 0.25) is 0 Å². The molecule has 96 valence electrons. The summed E-state index contributed by atoms with van der Waals surface area (Å²) in [4.78, 5) is 11.5. The SMILES string of the molecule is CC(C)(C)OC(=O)N[C@@H](C#N)c1ccc(O)cc1. The van der Waals surface area contributed by atoms with Gasteiger partial charge in [0.15, 0.2) is 0 Å². The normalized spacial score (nSPS) is 12.3. The van der Waals surface area contributed by atoms with Gasteiger partial charge >= 0.3 is 6.09 Å². The van der Waals surface area contributed by atoms with E-state index in [0.717, 1.165) is 0 Å². The second-order valence-electron chi connectivity index (χ2n) is 4.80. The summed E-state index contributed by atoms with van der Waals surface area (Å²) in [5.74, 6) is 0.104. The van der Waals surface area contributed by atoms with Crippen molar-refractivity contribution in [2.75, 3.05) is 0 Å². The average molecular weight is 248 g/mol. The maximum Gasteiger partial charge on any atom is 0.408 e. The van der Waals surface area contributed by atoms with Crippen LogP contribution in [0.15, 0.2) is 24.3 Å². The molecule has 0 aromatic heterocycles. The lowest BCUT2D eigenvalue weighted by Crippen LogP contribution is -2.34. The molecule has 0 heterocycles. The summed E-state index contributed by atoms with van der Waals surface area (Å²) in [6.45, 7) is 5.23. The summed E-state index contributed by atoms with van der Waals surface area (Å²) in [7, 11) is 0. The Kier molecular flexibility index (Phi) is 4.16. The van der Waals surface area contributed by atoms with Gasteiger partial charge in [0.25, 0.3) is 0 Å². The van der Waals surface area contributed by atoms with Crippen LogP contribution in [0.4, 0.5) is 4.79 Å². The molecule has 0 unspecified atom stereocenters. The average Bonchev–Trinajstić information content (AvgIpc) is 2.25. The highest BCUT2D eigenvalue weighted by atomic mass is 16.6. The predicted octanol–water partition coefficient (Wildman–Crippen LogP) is 2.48. The Bertz CT molecular complexity index is 455. The molecule has 2 N–H and O–H groups in total. The third kappa shape index (κ3) is 4.34. The van der Waals surface area contributed by atoms with E-state index in [1.54, 1.807) is 32.9 Å². The van der Waals surface area contributed by atoms with Crippen LogP contribution in [-0.4, -0.2) is 16.8 Å². The van der Waals surface area contributed by atoms with Gasteiger partial charge in [-0.15, -0.1) is 0 Å². The fraction of sp³-hybridized carbons (Fsp3) is 0.385. The molecule has 5 heteroatoms. The zero-order valence-electron chi connectivity index (χ0n) is 10.6. The number of nitriles is 1. The Morgan fingerprint density at radius 2 is 1.94 bits per heavy atom. The van der Waals surface area contributed by atoms with Crippen molar-refractivity contribution < 1.29 is 14.6 Å². The van der Waals surface area contributed by atoms with Crippen LogP contribution in [0.25, 0.3) is 0 Å². The minimum Gasteiger partial charge on any atom is -0.508 e. The van der Waals surface area contributed by atoms with Gasteiger partial charge in [0.05, 0.1) is 6.07 Å². The fourth-order valence-electron chi connectivity index (χ4n) is 1.28. The lowest BCUT2D eigenvalue weighted by Gasteiger charge is -2.21. The third-order valence-corrected chi connectivity index (χ3v) is 2.02. The highest BCUT2D eigenvalue weighted by Crippen LogP contribution is 2.17. The van der Waals surface area contributed by atoms with Crippen LogP contribution in [0.5, 0.6) is 5.75 Å². The number of benzene rings is 1. The van der Waals surface area contributed by atoms with E-state index >= 15 is 0 Å². The quantitative estimate of drug-likeness (QED) is 0.842. The van der Waals surface area contributed by atoms with Gasteiger partial charge in [-0.2, -0.15) is 5.26 Å². The molecule has 1 amide bonds. The molecule has 0 bridgehead atoms. The van der Waals surface area contributed by atoms with E-state index < -0.39 is 17.7 Å². The summed E-state index contributed by atoms with van der Waals surface area (Å²) in [5, 5.41) is 20.6. The molecule has 1 rings (SSSR count). The summed E-state index contributed by atoms with van der Waals surface area (Å²) in [6.07, 6.45) is -0.651. The van der Waals surface area contributed by atoms with Gasteiger partial charge in [-0.3, -0.25) is 0 Å². The van der Waals surface area contributed by atoms with Crippen LogP contribution in [0.3, 0.4) is 0 Å². The van der Waals surface area contributed by atoms with Crippen LogP contribution in [0.1, 0.15) is 32.4 Å². The lowest BCUT2D eigenvalue weighted by molar-refractivity contribution is 0.0515. The highest BCUT2D eigenvalue weighted by molar-refractivity contribution is 5.69. The van der Waals surface area contributed by atoms with Gasteiger partial charge in [-0.25, -0.2) is 4.79 Å². The second kappa shape index (κ2) is 5.41. The minimum absolute atomic E-state index is 0.104. The Labute approximate surface area is 106 Å². The predicted molar refractivity (Wildman–Crippen MR) is 65.8 cm³/mol. The standard InChI is InChI=1S/C13H16N2O3/c1-13(2,3)18-12(17)15-11(8-14)9-4-6-10(16)7-5-9/h4-7,11,16H,1-3H3,(H,15,17)/t11-/m0/s1. The van der Waals surface area contributed by atoms with Gasteiger partial charge in [0, 0.05) is 0 Å². The Morgan fingerprint density at radius 3 is 2.39 bits per heavy atom. The molecule has 1 aromatic carbocycles. The number of aromatic hydroxyl groups is 1. The van der Waals surface area contributed by atoms with Crippen molar-refractivity contribution in [3.05, 3.63) is 29.8 Å². The van der Waals surface area contributed by atoms with Crippen molar-refractivity contribution in [2.24, 2.45) is 0 Å². The summed E-state index contributed by atoms with van der Waals surface area (Å²) in [5.41, 5.74) is -0.0277. The lowest BCUT2D eigenvalue weighted by atomic mass is 10.1. The Balaban J connectivity index is 2.72. The number of hydrogen-bond acceptors (Lipinski definition) is 4. The molecule has 1 aromatic rings. The van der Waals surface area contributed by atoms with Crippen molar-refractivity contribution in [1.82, 2.24) is 5.32 Å². The zero-order chi connectivity index (χ0) is 13.8. The number of nitrogens with zero attached hydrogens (tertiary/aromatic N) is 1. The number of phenolic OH excluding ortho intramolecular Hbond substituents is 1. The van der Waals surface area contributed by atoms with Crippen LogP contribution in [0, 0.1) is 11.3 Å². The molecule has 0 aliphatic carbocycles. The van der Waals surface area contributed by atoms with Gasteiger partial charge in [0.1, 0.15) is 17.4 Å². The van der Waals surface area contributed by atoms with Crippen LogP contribution < -0.4 is 5.32 Å². The van der Waals surface area contributed by atoms with Crippen molar-refractivity contribution in [2.45, 2.75) is 32.4 Å². The third-order valence-electron chi connectivity index (χ3n) is 2.02. The van der Waals surface area contributed by atoms with E-state index in [1.807, 2.05) is 6.07 Å². The maximum atomic E-state index is 11.5. The first-order valence-corrected chi connectivity index (χ1v) is 5.50. The van der Waals surface area contributed by atoms with E-state index in [-0.39, 0.29) is 5.75 Å². The molecule has 0 saturated carbocycles. The summed E-state index contributed by atoms with van der Waals surface area (Å²) < 4.78 is 5.06. The molecule has 5 nitrogen and oxygen atoms in total. The van der Waals surface area contributed by atoms with Crippen molar-refractivity contribution >= 4 is 6.09 Å². The number of alkyl carbamates (subject to hydrolysis) is 1. The van der Waals surface area contributed by atoms with Crippen molar-refractivity contribution in [1.29, 1.82) is 5.26 Å². The maximum absolute atomic E-state index is 11.5.